The van der Waals surface area contributed by atoms with Gasteiger partial charge in [0.05, 0.1) is 0 Å². The predicted molar refractivity (Wildman–Crippen MR) is 45.5 cm³/mol. The molecule has 0 aliphatic heterocycles. The van der Waals surface area contributed by atoms with Crippen LogP contribution < -0.4 is 5.73 Å². The molecule has 0 spiro atoms. The molecule has 0 saturated heterocycles. The number of hydrogen-bond acceptors (Lipinski definition) is 3. The SMILES string of the molecule is Cc1csc(SCC[NH])n1. The molecule has 1 rings (SSSR count). The second-order valence-corrected chi connectivity index (χ2v) is 4.05. The summed E-state index contributed by atoms with van der Waals surface area (Å²) in [6, 6.07) is 0. The van der Waals surface area contributed by atoms with E-state index in [-0.39, 0.29) is 0 Å². The molecule has 0 atom stereocenters. The highest BCUT2D eigenvalue weighted by Gasteiger charge is 1.96. The van der Waals surface area contributed by atoms with Crippen LogP contribution in [0.5, 0.6) is 0 Å². The van der Waals surface area contributed by atoms with Gasteiger partial charge in [0.2, 0.25) is 0 Å². The molecule has 1 heterocycles. The Morgan fingerprint density at radius 1 is 1.80 bits per heavy atom. The van der Waals surface area contributed by atoms with Gasteiger partial charge in [-0.15, -0.1) is 11.3 Å². The maximum Gasteiger partial charge on any atom is 0.150 e. The smallest absolute Gasteiger partial charge is 0.150 e. The molecule has 55 valence electrons. The Labute approximate surface area is 68.8 Å². The average Bonchev–Trinajstić information content (AvgIpc) is 2.31. The van der Waals surface area contributed by atoms with E-state index in [1.807, 2.05) is 12.3 Å². The van der Waals surface area contributed by atoms with Gasteiger partial charge in [-0.2, -0.15) is 0 Å². The van der Waals surface area contributed by atoms with Crippen molar-refractivity contribution < 1.29 is 0 Å². The molecule has 1 radical (unpaired) electrons. The van der Waals surface area contributed by atoms with Gasteiger partial charge >= 0.3 is 0 Å². The highest BCUT2D eigenvalue weighted by molar-refractivity contribution is 8.01. The fourth-order valence-electron chi connectivity index (χ4n) is 0.537. The van der Waals surface area contributed by atoms with Gasteiger partial charge in [0.25, 0.3) is 0 Å². The second kappa shape index (κ2) is 3.95. The van der Waals surface area contributed by atoms with Crippen molar-refractivity contribution in [3.05, 3.63) is 11.1 Å². The summed E-state index contributed by atoms with van der Waals surface area (Å²) in [5, 5.41) is 2.03. The van der Waals surface area contributed by atoms with E-state index in [0.29, 0.717) is 6.54 Å². The third kappa shape index (κ3) is 2.28. The lowest BCUT2D eigenvalue weighted by molar-refractivity contribution is 1.09. The zero-order chi connectivity index (χ0) is 7.40. The monoisotopic (exact) mass is 173 g/mol. The zero-order valence-electron chi connectivity index (χ0n) is 5.76. The van der Waals surface area contributed by atoms with Gasteiger partial charge < -0.3 is 0 Å². The number of nitrogens with zero attached hydrogens (tertiary/aromatic N) is 1. The standard InChI is InChI=1S/C6H9N2S2/c1-5-4-10-6(8-5)9-3-2-7/h4,7H,2-3H2,1H3. The molecule has 0 bridgehead atoms. The summed E-state index contributed by atoms with van der Waals surface area (Å²) in [5.41, 5.74) is 8.00. The van der Waals surface area contributed by atoms with Crippen LogP contribution in [0.15, 0.2) is 9.72 Å². The Kier molecular flexibility index (Phi) is 3.18. The van der Waals surface area contributed by atoms with Crippen LogP contribution in [-0.2, 0) is 0 Å². The first-order valence-electron chi connectivity index (χ1n) is 3.02. The summed E-state index contributed by atoms with van der Waals surface area (Å²) in [6.45, 7) is 2.46. The van der Waals surface area contributed by atoms with Crippen molar-refractivity contribution in [1.29, 1.82) is 0 Å². The van der Waals surface area contributed by atoms with Crippen molar-refractivity contribution >= 4 is 23.1 Å². The van der Waals surface area contributed by atoms with Crippen LogP contribution in [0.25, 0.3) is 0 Å². The molecule has 0 aliphatic rings. The van der Waals surface area contributed by atoms with Crippen molar-refractivity contribution in [1.82, 2.24) is 10.7 Å². The van der Waals surface area contributed by atoms with Crippen LogP contribution in [-0.4, -0.2) is 17.3 Å². The number of rotatable bonds is 3. The number of thioether (sulfide) groups is 1. The van der Waals surface area contributed by atoms with E-state index < -0.39 is 0 Å². The van der Waals surface area contributed by atoms with E-state index >= 15 is 0 Å². The molecule has 1 N–H and O–H groups in total. The Hall–Kier alpha value is -0.0600. The van der Waals surface area contributed by atoms with Crippen LogP contribution >= 0.6 is 23.1 Å². The second-order valence-electron chi connectivity index (χ2n) is 1.85. The molecule has 0 saturated carbocycles. The average molecular weight is 173 g/mol. The Morgan fingerprint density at radius 2 is 2.60 bits per heavy atom. The van der Waals surface area contributed by atoms with Gasteiger partial charge in [-0.3, -0.25) is 5.73 Å². The molecule has 2 nitrogen and oxygen atoms in total. The number of thiazole rings is 1. The topological polar surface area (TPSA) is 36.7 Å². The first kappa shape index (κ1) is 8.04. The highest BCUT2D eigenvalue weighted by Crippen LogP contribution is 2.21. The lowest BCUT2D eigenvalue weighted by atomic mass is 10.6. The number of aromatic nitrogens is 1. The molecule has 0 aromatic carbocycles. The van der Waals surface area contributed by atoms with Crippen LogP contribution in [0.3, 0.4) is 0 Å². The third-order valence-electron chi connectivity index (χ3n) is 0.926. The van der Waals surface area contributed by atoms with E-state index in [0.717, 1.165) is 15.8 Å². The van der Waals surface area contributed by atoms with E-state index in [1.54, 1.807) is 23.1 Å². The van der Waals surface area contributed by atoms with E-state index in [9.17, 15) is 0 Å². The van der Waals surface area contributed by atoms with Crippen LogP contribution in [0.1, 0.15) is 5.69 Å². The molecule has 0 aliphatic carbocycles. The summed E-state index contributed by atoms with van der Waals surface area (Å²) < 4.78 is 1.09. The molecule has 0 unspecified atom stereocenters. The fraction of sp³-hybridized carbons (Fsp3) is 0.500. The van der Waals surface area contributed by atoms with Crippen LogP contribution in [0.2, 0.25) is 0 Å². The first-order chi connectivity index (χ1) is 4.83. The highest BCUT2D eigenvalue weighted by atomic mass is 32.2. The fourth-order valence-corrected chi connectivity index (χ4v) is 2.21. The lowest BCUT2D eigenvalue weighted by Gasteiger charge is -1.89. The van der Waals surface area contributed by atoms with E-state index in [1.165, 1.54) is 0 Å². The van der Waals surface area contributed by atoms with E-state index in [2.05, 4.69) is 4.98 Å². The molecular weight excluding hydrogens is 164 g/mol. The summed E-state index contributed by atoms with van der Waals surface area (Å²) in [5.74, 6) is 0.854. The van der Waals surface area contributed by atoms with Gasteiger partial charge in [-0.1, -0.05) is 11.8 Å². The zero-order valence-corrected chi connectivity index (χ0v) is 7.39. The maximum atomic E-state index is 6.91. The van der Waals surface area contributed by atoms with Gasteiger partial charge in [0, 0.05) is 23.4 Å². The first-order valence-corrected chi connectivity index (χ1v) is 4.89. The molecule has 1 aromatic rings. The number of hydrogen-bond donors (Lipinski definition) is 0. The summed E-state index contributed by atoms with van der Waals surface area (Å²) in [4.78, 5) is 4.25. The quantitative estimate of drug-likeness (QED) is 0.654. The molecule has 10 heavy (non-hydrogen) atoms. The lowest BCUT2D eigenvalue weighted by Crippen LogP contribution is -1.87. The molecule has 4 heteroatoms. The van der Waals surface area contributed by atoms with Gasteiger partial charge in [-0.05, 0) is 6.92 Å². The summed E-state index contributed by atoms with van der Waals surface area (Å²) in [7, 11) is 0. The summed E-state index contributed by atoms with van der Waals surface area (Å²) in [6.07, 6.45) is 0. The molecule has 0 amide bonds. The van der Waals surface area contributed by atoms with Crippen molar-refractivity contribution in [2.24, 2.45) is 0 Å². The normalized spacial score (nSPS) is 10.2. The summed E-state index contributed by atoms with van der Waals surface area (Å²) >= 11 is 3.32. The van der Waals surface area contributed by atoms with Crippen LogP contribution in [0, 0.1) is 6.92 Å². The van der Waals surface area contributed by atoms with Crippen molar-refractivity contribution in [2.75, 3.05) is 12.3 Å². The molecular formula is C6H9N2S2. The van der Waals surface area contributed by atoms with Gasteiger partial charge in [-0.25, -0.2) is 4.98 Å². The third-order valence-corrected chi connectivity index (χ3v) is 3.07. The minimum Gasteiger partial charge on any atom is -0.257 e. The van der Waals surface area contributed by atoms with Gasteiger partial charge in [0.15, 0.2) is 0 Å². The van der Waals surface area contributed by atoms with Crippen molar-refractivity contribution in [3.8, 4) is 0 Å². The Bertz CT molecular complexity index is 197. The van der Waals surface area contributed by atoms with Gasteiger partial charge in [0.1, 0.15) is 4.34 Å². The Morgan fingerprint density at radius 3 is 3.10 bits per heavy atom. The predicted octanol–water partition coefficient (Wildman–Crippen LogP) is 1.83. The van der Waals surface area contributed by atoms with E-state index in [4.69, 9.17) is 5.73 Å². The van der Waals surface area contributed by atoms with Crippen molar-refractivity contribution in [2.45, 2.75) is 11.3 Å². The van der Waals surface area contributed by atoms with Crippen LogP contribution in [0.4, 0.5) is 0 Å². The number of nitrogens with one attached hydrogen (secondary N) is 1. The largest absolute Gasteiger partial charge is 0.257 e. The minimum absolute atomic E-state index is 0.475. The Balaban J connectivity index is 2.42. The molecule has 1 aromatic heterocycles. The minimum atomic E-state index is 0.475. The van der Waals surface area contributed by atoms with Crippen molar-refractivity contribution in [3.63, 3.8) is 0 Å². The maximum absolute atomic E-state index is 6.91. The number of aryl methyl sites for hydroxylation is 1. The molecule has 0 fully saturated rings.